The maximum absolute atomic E-state index is 6.13. The number of ether oxygens (including phenoxy) is 2. The lowest BCUT2D eigenvalue weighted by atomic mass is 10.2. The van der Waals surface area contributed by atoms with E-state index in [2.05, 4.69) is 15.7 Å². The summed E-state index contributed by atoms with van der Waals surface area (Å²) in [4.78, 5) is 4.24. The normalized spacial score (nSPS) is 12.9. The highest BCUT2D eigenvalue weighted by molar-refractivity contribution is 7.07. The van der Waals surface area contributed by atoms with Gasteiger partial charge in [-0.2, -0.15) is 0 Å². The Balaban J connectivity index is 1.54. The standard InChI is InChI=1S/C13H13ClN2O2S/c14-11-3-9(4-12-13(11)18-8-17-12)5-15-2-1-10-6-19-7-16-10/h3-4,6-7,15H,1-2,5,8H2. The van der Waals surface area contributed by atoms with Gasteiger partial charge in [-0.3, -0.25) is 0 Å². The Bertz CT molecular complexity index is 560. The van der Waals surface area contributed by atoms with Crippen molar-refractivity contribution in [1.82, 2.24) is 10.3 Å². The summed E-state index contributed by atoms with van der Waals surface area (Å²) >= 11 is 7.75. The van der Waals surface area contributed by atoms with Crippen LogP contribution in [0.15, 0.2) is 23.0 Å². The monoisotopic (exact) mass is 296 g/mol. The zero-order valence-electron chi connectivity index (χ0n) is 10.2. The third-order valence-corrected chi connectivity index (χ3v) is 3.77. The lowest BCUT2D eigenvalue weighted by molar-refractivity contribution is 0.174. The Labute approximate surface area is 120 Å². The van der Waals surface area contributed by atoms with Crippen molar-refractivity contribution >= 4 is 22.9 Å². The molecule has 2 aromatic rings. The minimum atomic E-state index is 0.246. The third-order valence-electron chi connectivity index (χ3n) is 2.86. The van der Waals surface area contributed by atoms with Gasteiger partial charge >= 0.3 is 0 Å². The number of nitrogens with zero attached hydrogens (tertiary/aromatic N) is 1. The van der Waals surface area contributed by atoms with E-state index in [1.165, 1.54) is 0 Å². The van der Waals surface area contributed by atoms with Crippen molar-refractivity contribution in [3.8, 4) is 11.5 Å². The minimum absolute atomic E-state index is 0.246. The van der Waals surface area contributed by atoms with Gasteiger partial charge < -0.3 is 14.8 Å². The maximum atomic E-state index is 6.13. The second kappa shape index (κ2) is 5.77. The molecule has 1 aliphatic rings. The van der Waals surface area contributed by atoms with Crippen LogP contribution in [-0.2, 0) is 13.0 Å². The predicted molar refractivity (Wildman–Crippen MR) is 75.1 cm³/mol. The molecule has 1 aliphatic heterocycles. The molecule has 6 heteroatoms. The van der Waals surface area contributed by atoms with Crippen molar-refractivity contribution in [2.24, 2.45) is 0 Å². The minimum Gasteiger partial charge on any atom is -0.454 e. The Kier molecular flexibility index (Phi) is 3.87. The summed E-state index contributed by atoms with van der Waals surface area (Å²) in [6, 6.07) is 3.87. The quantitative estimate of drug-likeness (QED) is 0.862. The topological polar surface area (TPSA) is 43.4 Å². The fourth-order valence-corrected chi connectivity index (χ4v) is 2.81. The van der Waals surface area contributed by atoms with E-state index in [1.54, 1.807) is 11.3 Å². The summed E-state index contributed by atoms with van der Waals surface area (Å²) in [6.07, 6.45) is 0.932. The average Bonchev–Trinajstić information content (AvgIpc) is 3.05. The van der Waals surface area contributed by atoms with Gasteiger partial charge in [-0.1, -0.05) is 11.6 Å². The van der Waals surface area contributed by atoms with Crippen molar-refractivity contribution in [3.63, 3.8) is 0 Å². The average molecular weight is 297 g/mol. The highest BCUT2D eigenvalue weighted by atomic mass is 35.5. The predicted octanol–water partition coefficient (Wildman–Crippen LogP) is 2.86. The van der Waals surface area contributed by atoms with Crippen LogP contribution in [0.1, 0.15) is 11.3 Å². The number of halogens is 1. The first kappa shape index (κ1) is 12.7. The lowest BCUT2D eigenvalue weighted by Gasteiger charge is -2.06. The molecule has 0 unspecified atom stereocenters. The molecular formula is C13H13ClN2O2S. The van der Waals surface area contributed by atoms with E-state index < -0.39 is 0 Å². The molecule has 4 nitrogen and oxygen atoms in total. The van der Waals surface area contributed by atoms with Gasteiger partial charge in [-0.05, 0) is 17.7 Å². The number of hydrogen-bond donors (Lipinski definition) is 1. The molecule has 1 aromatic carbocycles. The number of thiazole rings is 1. The summed E-state index contributed by atoms with van der Waals surface area (Å²) in [5.74, 6) is 1.37. The Morgan fingerprint density at radius 3 is 3.16 bits per heavy atom. The van der Waals surface area contributed by atoms with E-state index in [4.69, 9.17) is 21.1 Å². The van der Waals surface area contributed by atoms with Gasteiger partial charge in [-0.25, -0.2) is 4.98 Å². The van der Waals surface area contributed by atoms with E-state index in [1.807, 2.05) is 17.6 Å². The second-order valence-corrected chi connectivity index (χ2v) is 5.34. The van der Waals surface area contributed by atoms with Crippen LogP contribution in [0.2, 0.25) is 5.02 Å². The van der Waals surface area contributed by atoms with E-state index in [0.717, 1.165) is 36.5 Å². The molecule has 0 saturated carbocycles. The van der Waals surface area contributed by atoms with Crippen molar-refractivity contribution in [3.05, 3.63) is 39.3 Å². The van der Waals surface area contributed by atoms with Crippen LogP contribution in [0.3, 0.4) is 0 Å². The number of aromatic nitrogens is 1. The molecular weight excluding hydrogens is 284 g/mol. The number of nitrogens with one attached hydrogen (secondary N) is 1. The van der Waals surface area contributed by atoms with Gasteiger partial charge in [0.1, 0.15) is 0 Å². The number of benzene rings is 1. The maximum Gasteiger partial charge on any atom is 0.231 e. The van der Waals surface area contributed by atoms with Crippen LogP contribution in [0.4, 0.5) is 0 Å². The first-order chi connectivity index (χ1) is 9.33. The molecule has 100 valence electrons. The van der Waals surface area contributed by atoms with E-state index in [-0.39, 0.29) is 6.79 Å². The molecule has 1 aromatic heterocycles. The smallest absolute Gasteiger partial charge is 0.231 e. The van der Waals surface area contributed by atoms with Crippen LogP contribution in [-0.4, -0.2) is 18.3 Å². The van der Waals surface area contributed by atoms with Gasteiger partial charge in [0.2, 0.25) is 6.79 Å². The molecule has 0 radical (unpaired) electrons. The molecule has 1 N–H and O–H groups in total. The fourth-order valence-electron chi connectivity index (χ4n) is 1.93. The fraction of sp³-hybridized carbons (Fsp3) is 0.308. The third kappa shape index (κ3) is 3.00. The summed E-state index contributed by atoms with van der Waals surface area (Å²) in [5.41, 5.74) is 4.07. The van der Waals surface area contributed by atoms with Gasteiger partial charge in [0.15, 0.2) is 11.5 Å². The Morgan fingerprint density at radius 1 is 1.37 bits per heavy atom. The van der Waals surface area contributed by atoms with Gasteiger partial charge in [-0.15, -0.1) is 11.3 Å². The molecule has 0 saturated heterocycles. The first-order valence-electron chi connectivity index (χ1n) is 5.99. The van der Waals surface area contributed by atoms with Crippen molar-refractivity contribution in [2.75, 3.05) is 13.3 Å². The molecule has 0 bridgehead atoms. The van der Waals surface area contributed by atoms with E-state index in [9.17, 15) is 0 Å². The second-order valence-electron chi connectivity index (χ2n) is 4.22. The molecule has 0 fully saturated rings. The summed E-state index contributed by atoms with van der Waals surface area (Å²) in [5, 5.41) is 6.04. The van der Waals surface area contributed by atoms with Crippen molar-refractivity contribution in [1.29, 1.82) is 0 Å². The SMILES string of the molecule is Clc1cc(CNCCc2cscn2)cc2c1OCO2. The Hall–Kier alpha value is -1.30. The summed E-state index contributed by atoms with van der Waals surface area (Å²) in [7, 11) is 0. The Morgan fingerprint density at radius 2 is 2.32 bits per heavy atom. The zero-order chi connectivity index (χ0) is 13.1. The van der Waals surface area contributed by atoms with Gasteiger partial charge in [0.05, 0.1) is 16.2 Å². The molecule has 0 spiro atoms. The van der Waals surface area contributed by atoms with Gasteiger partial charge in [0.25, 0.3) is 0 Å². The molecule has 19 heavy (non-hydrogen) atoms. The van der Waals surface area contributed by atoms with Crippen molar-refractivity contribution in [2.45, 2.75) is 13.0 Å². The van der Waals surface area contributed by atoms with Crippen LogP contribution < -0.4 is 14.8 Å². The largest absolute Gasteiger partial charge is 0.454 e. The van der Waals surface area contributed by atoms with Crippen LogP contribution >= 0.6 is 22.9 Å². The molecule has 3 rings (SSSR count). The number of hydrogen-bond acceptors (Lipinski definition) is 5. The highest BCUT2D eigenvalue weighted by Gasteiger charge is 2.17. The van der Waals surface area contributed by atoms with Crippen LogP contribution in [0, 0.1) is 0 Å². The first-order valence-corrected chi connectivity index (χ1v) is 7.31. The number of rotatable bonds is 5. The van der Waals surface area contributed by atoms with E-state index in [0.29, 0.717) is 10.8 Å². The molecule has 0 amide bonds. The molecule has 0 aliphatic carbocycles. The molecule has 2 heterocycles. The van der Waals surface area contributed by atoms with Crippen LogP contribution in [0.25, 0.3) is 0 Å². The van der Waals surface area contributed by atoms with Crippen molar-refractivity contribution < 1.29 is 9.47 Å². The summed E-state index contributed by atoms with van der Waals surface area (Å²) < 4.78 is 10.6. The van der Waals surface area contributed by atoms with Crippen LogP contribution in [0.5, 0.6) is 11.5 Å². The zero-order valence-corrected chi connectivity index (χ0v) is 11.8. The highest BCUT2D eigenvalue weighted by Crippen LogP contribution is 2.39. The van der Waals surface area contributed by atoms with Gasteiger partial charge in [0, 0.05) is 24.9 Å². The number of fused-ring (bicyclic) bond motifs is 1. The van der Waals surface area contributed by atoms with E-state index >= 15 is 0 Å². The summed E-state index contributed by atoms with van der Waals surface area (Å²) in [6.45, 7) is 1.88. The lowest BCUT2D eigenvalue weighted by Crippen LogP contribution is -2.16. The molecule has 0 atom stereocenters.